The SMILES string of the molecule is COc1ccc2[nH]c(=O)c(C(c3nnnn3C3CCCCC3)N(Cc3ccco3)Cc3cccs3)cc2c1. The van der Waals surface area contributed by atoms with Crippen molar-refractivity contribution in [3.8, 4) is 5.75 Å². The zero-order valence-corrected chi connectivity index (χ0v) is 22.1. The highest BCUT2D eigenvalue weighted by atomic mass is 32.1. The van der Waals surface area contributed by atoms with Gasteiger partial charge in [-0.15, -0.1) is 16.4 Å². The molecule has 1 aliphatic rings. The lowest BCUT2D eigenvalue weighted by Gasteiger charge is -2.31. The summed E-state index contributed by atoms with van der Waals surface area (Å²) in [4.78, 5) is 20.2. The number of methoxy groups -OCH3 is 1. The molecule has 1 saturated carbocycles. The summed E-state index contributed by atoms with van der Waals surface area (Å²) >= 11 is 1.68. The number of hydrogen-bond acceptors (Lipinski definition) is 8. The van der Waals surface area contributed by atoms with Crippen LogP contribution in [0.25, 0.3) is 10.9 Å². The Hall–Kier alpha value is -3.76. The number of aromatic amines is 1. The molecule has 5 aromatic rings. The molecular weight excluding hydrogens is 500 g/mol. The Morgan fingerprint density at radius 1 is 1.16 bits per heavy atom. The van der Waals surface area contributed by atoms with Gasteiger partial charge in [0.1, 0.15) is 17.6 Å². The quantitative estimate of drug-likeness (QED) is 0.269. The average Bonchev–Trinajstić information content (AvgIpc) is 3.73. The fourth-order valence-corrected chi connectivity index (χ4v) is 6.17. The predicted molar refractivity (Wildman–Crippen MR) is 145 cm³/mol. The highest BCUT2D eigenvalue weighted by Gasteiger charge is 2.33. The molecule has 1 aliphatic carbocycles. The van der Waals surface area contributed by atoms with Gasteiger partial charge in [-0.3, -0.25) is 9.69 Å². The van der Waals surface area contributed by atoms with E-state index in [0.717, 1.165) is 48.1 Å². The molecule has 196 valence electrons. The summed E-state index contributed by atoms with van der Waals surface area (Å²) in [6, 6.07) is 15.3. The molecule has 6 rings (SSSR count). The van der Waals surface area contributed by atoms with Gasteiger partial charge in [0.15, 0.2) is 5.82 Å². The van der Waals surface area contributed by atoms with E-state index in [1.165, 1.54) is 11.3 Å². The molecule has 1 N–H and O–H groups in total. The molecule has 1 aromatic carbocycles. The Bertz CT molecular complexity index is 1500. The van der Waals surface area contributed by atoms with Crippen molar-refractivity contribution in [1.29, 1.82) is 0 Å². The first-order valence-electron chi connectivity index (χ1n) is 13.0. The normalized spacial score (nSPS) is 15.3. The van der Waals surface area contributed by atoms with Crippen LogP contribution in [-0.4, -0.2) is 37.2 Å². The smallest absolute Gasteiger partial charge is 0.253 e. The summed E-state index contributed by atoms with van der Waals surface area (Å²) in [5.41, 5.74) is 1.17. The van der Waals surface area contributed by atoms with E-state index >= 15 is 0 Å². The molecule has 9 nitrogen and oxygen atoms in total. The second kappa shape index (κ2) is 10.9. The third-order valence-electron chi connectivity index (χ3n) is 7.30. The molecule has 0 aliphatic heterocycles. The lowest BCUT2D eigenvalue weighted by Crippen LogP contribution is -2.35. The minimum atomic E-state index is -0.501. The number of benzene rings is 1. The molecule has 0 amide bonds. The second-order valence-electron chi connectivity index (χ2n) is 9.75. The monoisotopic (exact) mass is 530 g/mol. The maximum atomic E-state index is 13.7. The summed E-state index contributed by atoms with van der Waals surface area (Å²) in [5, 5.41) is 16.1. The van der Waals surface area contributed by atoms with Crippen LogP contribution in [0.3, 0.4) is 0 Å². The Labute approximate surface area is 224 Å². The Morgan fingerprint density at radius 2 is 2.05 bits per heavy atom. The van der Waals surface area contributed by atoms with Gasteiger partial charge < -0.3 is 14.1 Å². The fourth-order valence-electron chi connectivity index (χ4n) is 5.44. The summed E-state index contributed by atoms with van der Waals surface area (Å²) in [6.45, 7) is 1.10. The number of thiophene rings is 1. The average molecular weight is 531 g/mol. The van der Waals surface area contributed by atoms with Crippen LogP contribution in [-0.2, 0) is 13.1 Å². The maximum absolute atomic E-state index is 13.7. The molecule has 0 bridgehead atoms. The number of aromatic nitrogens is 5. The fraction of sp³-hybridized carbons (Fsp3) is 0.357. The van der Waals surface area contributed by atoms with Crippen LogP contribution in [0.1, 0.15) is 66.2 Å². The third kappa shape index (κ3) is 5.01. The molecule has 4 aromatic heterocycles. The summed E-state index contributed by atoms with van der Waals surface area (Å²) in [5.74, 6) is 2.21. The first kappa shape index (κ1) is 24.6. The molecule has 1 unspecified atom stereocenters. The standard InChI is InChI=1S/C28H30N6O3S/c1-36-21-11-12-25-19(15-21)16-24(28(35)29-25)26(27-30-31-32-34(27)20-7-3-2-4-8-20)33(17-22-9-5-13-37-22)18-23-10-6-14-38-23/h5-6,9-16,20,26H,2-4,7-8,17-18H2,1H3,(H,29,35). The maximum Gasteiger partial charge on any atom is 0.253 e. The van der Waals surface area contributed by atoms with Crippen LogP contribution in [0.4, 0.5) is 0 Å². The first-order valence-corrected chi connectivity index (χ1v) is 13.8. The van der Waals surface area contributed by atoms with Gasteiger partial charge in [-0.2, -0.15) is 0 Å². The Kier molecular flexibility index (Phi) is 7.06. The molecule has 0 saturated heterocycles. The number of fused-ring (bicyclic) bond motifs is 1. The zero-order chi connectivity index (χ0) is 25.9. The van der Waals surface area contributed by atoms with E-state index < -0.39 is 6.04 Å². The van der Waals surface area contributed by atoms with E-state index in [-0.39, 0.29) is 11.6 Å². The van der Waals surface area contributed by atoms with Gasteiger partial charge in [0, 0.05) is 27.9 Å². The molecule has 4 heterocycles. The predicted octanol–water partition coefficient (Wildman–Crippen LogP) is 5.47. The molecular formula is C28H30N6O3S. The molecule has 1 fully saturated rings. The van der Waals surface area contributed by atoms with Crippen molar-refractivity contribution < 1.29 is 9.15 Å². The van der Waals surface area contributed by atoms with Gasteiger partial charge in [0.05, 0.1) is 26.0 Å². The van der Waals surface area contributed by atoms with Gasteiger partial charge in [-0.25, -0.2) is 4.68 Å². The highest BCUT2D eigenvalue weighted by molar-refractivity contribution is 7.09. The van der Waals surface area contributed by atoms with Gasteiger partial charge in [0.2, 0.25) is 0 Å². The van der Waals surface area contributed by atoms with Gasteiger partial charge in [-0.05, 0) is 71.1 Å². The molecule has 1 atom stereocenters. The van der Waals surface area contributed by atoms with Crippen LogP contribution in [0.15, 0.2) is 69.4 Å². The van der Waals surface area contributed by atoms with Gasteiger partial charge in [-0.1, -0.05) is 25.3 Å². The number of nitrogens with zero attached hydrogens (tertiary/aromatic N) is 5. The number of H-pyrrole nitrogens is 1. The van der Waals surface area contributed by atoms with Crippen molar-refractivity contribution in [2.45, 2.75) is 57.3 Å². The number of tetrazole rings is 1. The minimum absolute atomic E-state index is 0.165. The van der Waals surface area contributed by atoms with E-state index in [2.05, 4.69) is 36.9 Å². The number of pyridine rings is 1. The summed E-state index contributed by atoms with van der Waals surface area (Å²) in [6.07, 6.45) is 7.26. The number of rotatable bonds is 9. The molecule has 38 heavy (non-hydrogen) atoms. The van der Waals surface area contributed by atoms with Crippen molar-refractivity contribution in [3.05, 3.63) is 92.6 Å². The van der Waals surface area contributed by atoms with E-state index in [9.17, 15) is 4.79 Å². The van der Waals surface area contributed by atoms with Crippen molar-refractivity contribution in [3.63, 3.8) is 0 Å². The Balaban J connectivity index is 1.52. The lowest BCUT2D eigenvalue weighted by molar-refractivity contribution is 0.175. The number of hydrogen-bond donors (Lipinski definition) is 1. The summed E-state index contributed by atoms with van der Waals surface area (Å²) < 4.78 is 13.2. The van der Waals surface area contributed by atoms with E-state index in [4.69, 9.17) is 9.15 Å². The largest absolute Gasteiger partial charge is 0.497 e. The van der Waals surface area contributed by atoms with Crippen molar-refractivity contribution in [2.24, 2.45) is 0 Å². The van der Waals surface area contributed by atoms with E-state index in [1.807, 2.05) is 47.1 Å². The van der Waals surface area contributed by atoms with Crippen LogP contribution >= 0.6 is 11.3 Å². The number of nitrogens with one attached hydrogen (secondary N) is 1. The summed E-state index contributed by atoms with van der Waals surface area (Å²) in [7, 11) is 1.64. The van der Waals surface area contributed by atoms with Crippen LogP contribution in [0.2, 0.25) is 0 Å². The molecule has 0 radical (unpaired) electrons. The van der Waals surface area contributed by atoms with E-state index in [1.54, 1.807) is 24.7 Å². The zero-order valence-electron chi connectivity index (χ0n) is 21.2. The van der Waals surface area contributed by atoms with Gasteiger partial charge in [0.25, 0.3) is 5.56 Å². The molecule has 0 spiro atoms. The van der Waals surface area contributed by atoms with E-state index in [0.29, 0.717) is 24.5 Å². The Morgan fingerprint density at radius 3 is 2.82 bits per heavy atom. The minimum Gasteiger partial charge on any atom is -0.497 e. The van der Waals surface area contributed by atoms with Gasteiger partial charge >= 0.3 is 0 Å². The van der Waals surface area contributed by atoms with Crippen molar-refractivity contribution >= 4 is 22.2 Å². The highest BCUT2D eigenvalue weighted by Crippen LogP contribution is 2.35. The van der Waals surface area contributed by atoms with Crippen LogP contribution < -0.4 is 10.3 Å². The first-order chi connectivity index (χ1) is 18.7. The van der Waals surface area contributed by atoms with Crippen molar-refractivity contribution in [2.75, 3.05) is 7.11 Å². The van der Waals surface area contributed by atoms with Crippen molar-refractivity contribution in [1.82, 2.24) is 30.1 Å². The van der Waals surface area contributed by atoms with Crippen LogP contribution in [0, 0.1) is 0 Å². The number of furan rings is 1. The second-order valence-corrected chi connectivity index (χ2v) is 10.8. The number of ether oxygens (including phenoxy) is 1. The lowest BCUT2D eigenvalue weighted by atomic mass is 9.95. The topological polar surface area (TPSA) is 102 Å². The molecule has 10 heteroatoms. The van der Waals surface area contributed by atoms with Crippen LogP contribution in [0.5, 0.6) is 5.75 Å². The third-order valence-corrected chi connectivity index (χ3v) is 8.16.